The van der Waals surface area contributed by atoms with Crippen LogP contribution in [0.4, 0.5) is 0 Å². The van der Waals surface area contributed by atoms with E-state index in [2.05, 4.69) is 6.58 Å². The summed E-state index contributed by atoms with van der Waals surface area (Å²) in [6, 6.07) is 0. The molecule has 1 aliphatic rings. The van der Waals surface area contributed by atoms with Crippen molar-refractivity contribution in [2.75, 3.05) is 6.61 Å². The number of hydrogen-bond donors (Lipinski definition) is 0. The highest BCUT2D eigenvalue weighted by atomic mass is 16.5. The molecule has 1 fully saturated rings. The lowest BCUT2D eigenvalue weighted by atomic mass is 9.79. The molecule has 0 unspecified atom stereocenters. The van der Waals surface area contributed by atoms with Crippen LogP contribution in [0.5, 0.6) is 0 Å². The van der Waals surface area contributed by atoms with Gasteiger partial charge in [-0.2, -0.15) is 0 Å². The average molecular weight is 210 g/mol. The first kappa shape index (κ1) is 12.0. The molecule has 1 saturated carbocycles. The fraction of sp³-hybridized carbons (Fsp3) is 0.667. The van der Waals surface area contributed by atoms with Crippen LogP contribution in [0.1, 0.15) is 32.6 Å². The van der Waals surface area contributed by atoms with Crippen LogP contribution in [0, 0.1) is 11.8 Å². The van der Waals surface area contributed by atoms with Crippen LogP contribution in [-0.2, 0) is 14.3 Å². The Morgan fingerprint density at radius 3 is 2.87 bits per heavy atom. The van der Waals surface area contributed by atoms with E-state index in [1.54, 1.807) is 6.92 Å². The maximum Gasteiger partial charge on any atom is 0.306 e. The van der Waals surface area contributed by atoms with Crippen molar-refractivity contribution in [1.29, 1.82) is 0 Å². The van der Waals surface area contributed by atoms with E-state index in [1.165, 1.54) is 0 Å². The molecule has 1 rings (SSSR count). The molecule has 0 bridgehead atoms. The highest BCUT2D eigenvalue weighted by Gasteiger charge is 2.29. The smallest absolute Gasteiger partial charge is 0.306 e. The number of ketones is 1. The van der Waals surface area contributed by atoms with Gasteiger partial charge in [-0.1, -0.05) is 6.08 Å². The third kappa shape index (κ3) is 3.50. The molecule has 2 atom stereocenters. The molecule has 3 nitrogen and oxygen atoms in total. The fourth-order valence-electron chi connectivity index (χ4n) is 1.94. The second-order valence-corrected chi connectivity index (χ2v) is 3.95. The van der Waals surface area contributed by atoms with E-state index in [0.717, 1.165) is 12.8 Å². The van der Waals surface area contributed by atoms with Gasteiger partial charge < -0.3 is 4.74 Å². The van der Waals surface area contributed by atoms with Crippen LogP contribution in [0.25, 0.3) is 0 Å². The second kappa shape index (κ2) is 5.69. The van der Waals surface area contributed by atoms with E-state index < -0.39 is 0 Å². The predicted molar refractivity (Wildman–Crippen MR) is 57.3 cm³/mol. The zero-order valence-electron chi connectivity index (χ0n) is 9.20. The van der Waals surface area contributed by atoms with E-state index in [-0.39, 0.29) is 24.1 Å². The van der Waals surface area contributed by atoms with Gasteiger partial charge in [0.1, 0.15) is 5.78 Å². The van der Waals surface area contributed by atoms with Crippen molar-refractivity contribution in [3.8, 4) is 0 Å². The van der Waals surface area contributed by atoms with Gasteiger partial charge in [-0.25, -0.2) is 0 Å². The van der Waals surface area contributed by atoms with Gasteiger partial charge in [0, 0.05) is 12.3 Å². The number of ether oxygens (including phenoxy) is 1. The van der Waals surface area contributed by atoms with Gasteiger partial charge in [0.25, 0.3) is 0 Å². The first-order valence-electron chi connectivity index (χ1n) is 5.48. The maximum absolute atomic E-state index is 11.6. The Bertz CT molecular complexity index is 258. The van der Waals surface area contributed by atoms with Crippen LogP contribution in [-0.4, -0.2) is 18.4 Å². The third-order valence-corrected chi connectivity index (χ3v) is 2.86. The Hall–Kier alpha value is -1.12. The minimum absolute atomic E-state index is 0.125. The summed E-state index contributed by atoms with van der Waals surface area (Å²) in [5.74, 6) is 0.100. The second-order valence-electron chi connectivity index (χ2n) is 3.95. The lowest BCUT2D eigenvalue weighted by Gasteiger charge is -2.24. The fourth-order valence-corrected chi connectivity index (χ4v) is 1.94. The van der Waals surface area contributed by atoms with Crippen LogP contribution < -0.4 is 0 Å². The Balaban J connectivity index is 2.41. The van der Waals surface area contributed by atoms with E-state index in [0.29, 0.717) is 18.9 Å². The van der Waals surface area contributed by atoms with E-state index in [1.807, 2.05) is 6.08 Å². The van der Waals surface area contributed by atoms with Gasteiger partial charge in [-0.3, -0.25) is 9.59 Å². The summed E-state index contributed by atoms with van der Waals surface area (Å²) in [4.78, 5) is 22.9. The van der Waals surface area contributed by atoms with Gasteiger partial charge in [0.15, 0.2) is 0 Å². The summed E-state index contributed by atoms with van der Waals surface area (Å²) in [7, 11) is 0. The molecule has 84 valence electrons. The Morgan fingerprint density at radius 2 is 2.33 bits per heavy atom. The molecule has 1 aliphatic carbocycles. The summed E-state index contributed by atoms with van der Waals surface area (Å²) < 4.78 is 4.83. The molecule has 0 aliphatic heterocycles. The molecular formula is C12H18O3. The lowest BCUT2D eigenvalue weighted by molar-refractivity contribution is -0.146. The molecule has 0 spiro atoms. The molecule has 0 N–H and O–H groups in total. The molecule has 0 aromatic rings. The normalized spacial score (nSPS) is 26.1. The van der Waals surface area contributed by atoms with Gasteiger partial charge in [0.2, 0.25) is 0 Å². The summed E-state index contributed by atoms with van der Waals surface area (Å²) in [5.41, 5.74) is 0. The van der Waals surface area contributed by atoms with E-state index >= 15 is 0 Å². The molecular weight excluding hydrogens is 192 g/mol. The van der Waals surface area contributed by atoms with Crippen molar-refractivity contribution >= 4 is 11.8 Å². The molecule has 3 heteroatoms. The highest BCUT2D eigenvalue weighted by Crippen LogP contribution is 2.28. The molecule has 0 aromatic heterocycles. The van der Waals surface area contributed by atoms with Gasteiger partial charge >= 0.3 is 5.97 Å². The number of esters is 1. The third-order valence-electron chi connectivity index (χ3n) is 2.86. The minimum Gasteiger partial charge on any atom is -0.466 e. The number of carbonyl (C=O) groups is 2. The maximum atomic E-state index is 11.6. The number of allylic oxidation sites excluding steroid dienone is 1. The van der Waals surface area contributed by atoms with Crippen molar-refractivity contribution in [2.45, 2.75) is 32.6 Å². The van der Waals surface area contributed by atoms with Crippen LogP contribution in [0.15, 0.2) is 12.7 Å². The van der Waals surface area contributed by atoms with E-state index in [9.17, 15) is 9.59 Å². The Morgan fingerprint density at radius 1 is 1.60 bits per heavy atom. The molecule has 0 amide bonds. The van der Waals surface area contributed by atoms with Crippen LogP contribution in [0.2, 0.25) is 0 Å². The van der Waals surface area contributed by atoms with Crippen molar-refractivity contribution in [1.82, 2.24) is 0 Å². The Labute approximate surface area is 90.5 Å². The number of rotatable bonds is 4. The number of Topliss-reactive ketones (excluding diaryl/α,β-unsaturated/α-hetero) is 1. The zero-order valence-corrected chi connectivity index (χ0v) is 9.20. The van der Waals surface area contributed by atoms with Crippen LogP contribution >= 0.6 is 0 Å². The van der Waals surface area contributed by atoms with Crippen molar-refractivity contribution in [3.05, 3.63) is 12.7 Å². The predicted octanol–water partition coefficient (Wildman–Crippen LogP) is 2.11. The lowest BCUT2D eigenvalue weighted by Crippen LogP contribution is -2.26. The number of carbonyl (C=O) groups excluding carboxylic acids is 2. The summed E-state index contributed by atoms with van der Waals surface area (Å²) in [5, 5.41) is 0. The van der Waals surface area contributed by atoms with Crippen molar-refractivity contribution in [3.63, 3.8) is 0 Å². The SMILES string of the molecule is C=C[C@@H]1CC[C@@H](CC(=O)OCC)C(=O)C1. The molecule has 0 radical (unpaired) electrons. The van der Waals surface area contributed by atoms with Gasteiger partial charge in [-0.15, -0.1) is 6.58 Å². The molecule has 0 saturated heterocycles. The average Bonchev–Trinajstić information content (AvgIpc) is 2.21. The van der Waals surface area contributed by atoms with Crippen molar-refractivity contribution < 1.29 is 14.3 Å². The molecule has 0 aromatic carbocycles. The minimum atomic E-state index is -0.257. The first-order valence-corrected chi connectivity index (χ1v) is 5.48. The number of hydrogen-bond acceptors (Lipinski definition) is 3. The first-order chi connectivity index (χ1) is 7.17. The quantitative estimate of drug-likeness (QED) is 0.527. The topological polar surface area (TPSA) is 43.4 Å². The van der Waals surface area contributed by atoms with Crippen LogP contribution in [0.3, 0.4) is 0 Å². The van der Waals surface area contributed by atoms with E-state index in [4.69, 9.17) is 4.74 Å². The molecule has 0 heterocycles. The summed E-state index contributed by atoms with van der Waals surface area (Å²) in [6.45, 7) is 5.85. The summed E-state index contributed by atoms with van der Waals surface area (Å²) >= 11 is 0. The highest BCUT2D eigenvalue weighted by molar-refractivity contribution is 5.86. The Kier molecular flexibility index (Phi) is 4.53. The van der Waals surface area contributed by atoms with Crippen molar-refractivity contribution in [2.24, 2.45) is 11.8 Å². The monoisotopic (exact) mass is 210 g/mol. The molecule has 15 heavy (non-hydrogen) atoms. The standard InChI is InChI=1S/C12H18O3/c1-3-9-5-6-10(11(13)7-9)8-12(14)15-4-2/h3,9-10H,1,4-8H2,2H3/t9-,10+/m1/s1. The summed E-state index contributed by atoms with van der Waals surface area (Å²) in [6.07, 6.45) is 4.36. The van der Waals surface area contributed by atoms with Gasteiger partial charge in [0.05, 0.1) is 13.0 Å². The van der Waals surface area contributed by atoms with Gasteiger partial charge in [-0.05, 0) is 25.7 Å². The largest absolute Gasteiger partial charge is 0.466 e. The zero-order chi connectivity index (χ0) is 11.3.